The molecule has 1 aromatic heterocycles. The number of aromatic hydroxyl groups is 4. The lowest BCUT2D eigenvalue weighted by atomic mass is 10.1. The number of hydrogen-bond donors (Lipinski definition) is 4. The average Bonchev–Trinajstić information content (AvgIpc) is 3.00. The Morgan fingerprint density at radius 1 is 0.286 bits per heavy atom. The molecule has 4 N–H and O–H groups in total. The van der Waals surface area contributed by atoms with Gasteiger partial charge in [-0.3, -0.25) is 0 Å². The molecular weight excluding hydrogens is 524 g/mol. The van der Waals surface area contributed by atoms with Crippen molar-refractivity contribution in [1.29, 1.82) is 0 Å². The lowest BCUT2D eigenvalue weighted by Gasteiger charge is -2.02. The van der Waals surface area contributed by atoms with Gasteiger partial charge < -0.3 is 20.4 Å². The third-order valence-electron chi connectivity index (χ3n) is 5.67. The molecule has 6 heteroatoms. The number of phenols is 4. The predicted molar refractivity (Wildman–Crippen MR) is 158 cm³/mol. The number of aromatic nitrogens is 2. The third kappa shape index (κ3) is 7.28. The van der Waals surface area contributed by atoms with E-state index in [-0.39, 0.29) is 45.8 Å². The van der Waals surface area contributed by atoms with Crippen LogP contribution in [0.15, 0.2) is 97.1 Å². The fraction of sp³-hybridized carbons (Fsp3) is 0. The Balaban J connectivity index is 1.66. The lowest BCUT2D eigenvalue weighted by Crippen LogP contribution is -2.03. The molecular formula is C36H20N2O4. The monoisotopic (exact) mass is 544 g/mol. The zero-order valence-corrected chi connectivity index (χ0v) is 21.9. The Bertz CT molecular complexity index is 1710. The molecule has 42 heavy (non-hydrogen) atoms. The number of nitrogens with zero attached hydrogens (tertiary/aromatic N) is 2. The SMILES string of the molecule is Oc1ccc(C#Cc2nc(C#Cc3ccc(O)cc3)c(C#Cc3ccc(O)cc3)nc2C#Cc2ccc(O)cc2)cc1. The highest BCUT2D eigenvalue weighted by atomic mass is 16.3. The van der Waals surface area contributed by atoms with E-state index in [1.165, 1.54) is 48.5 Å². The maximum absolute atomic E-state index is 9.60. The Labute approximate surface area is 242 Å². The van der Waals surface area contributed by atoms with Gasteiger partial charge in [0, 0.05) is 22.3 Å². The summed E-state index contributed by atoms with van der Waals surface area (Å²) in [5.74, 6) is 24.7. The van der Waals surface area contributed by atoms with Crippen LogP contribution in [0.2, 0.25) is 0 Å². The Morgan fingerprint density at radius 2 is 0.476 bits per heavy atom. The molecule has 0 spiro atoms. The minimum Gasteiger partial charge on any atom is -0.508 e. The second kappa shape index (κ2) is 12.5. The van der Waals surface area contributed by atoms with Gasteiger partial charge >= 0.3 is 0 Å². The van der Waals surface area contributed by atoms with E-state index in [0.717, 1.165) is 0 Å². The molecule has 4 aromatic carbocycles. The van der Waals surface area contributed by atoms with Crippen LogP contribution in [0.1, 0.15) is 45.0 Å². The molecule has 0 saturated heterocycles. The predicted octanol–water partition coefficient (Wildman–Crippen LogP) is 4.90. The van der Waals surface area contributed by atoms with Crippen molar-refractivity contribution >= 4 is 0 Å². The Kier molecular flexibility index (Phi) is 8.03. The zero-order chi connectivity index (χ0) is 29.3. The molecule has 0 aliphatic heterocycles. The molecule has 0 radical (unpaired) electrons. The van der Waals surface area contributed by atoms with Crippen LogP contribution in [0.4, 0.5) is 0 Å². The second-order valence-electron chi connectivity index (χ2n) is 8.81. The van der Waals surface area contributed by atoms with Crippen molar-refractivity contribution < 1.29 is 20.4 Å². The summed E-state index contributed by atoms with van der Waals surface area (Å²) in [5.41, 5.74) is 3.72. The number of benzene rings is 4. The average molecular weight is 545 g/mol. The topological polar surface area (TPSA) is 107 Å². The van der Waals surface area contributed by atoms with Crippen molar-refractivity contribution in [3.63, 3.8) is 0 Å². The molecule has 0 aliphatic rings. The Morgan fingerprint density at radius 3 is 0.667 bits per heavy atom. The maximum Gasteiger partial charge on any atom is 0.149 e. The molecule has 5 rings (SSSR count). The van der Waals surface area contributed by atoms with Crippen molar-refractivity contribution in [2.75, 3.05) is 0 Å². The summed E-state index contributed by atoms with van der Waals surface area (Å²) in [5, 5.41) is 38.4. The van der Waals surface area contributed by atoms with Gasteiger partial charge in [0.05, 0.1) is 0 Å². The van der Waals surface area contributed by atoms with E-state index in [1.807, 2.05) is 0 Å². The van der Waals surface area contributed by atoms with Crippen LogP contribution in [0.3, 0.4) is 0 Å². The largest absolute Gasteiger partial charge is 0.508 e. The number of rotatable bonds is 0. The highest BCUT2D eigenvalue weighted by molar-refractivity contribution is 5.56. The summed E-state index contributed by atoms with van der Waals surface area (Å²) in [6, 6.07) is 25.8. The summed E-state index contributed by atoms with van der Waals surface area (Å²) >= 11 is 0. The van der Waals surface area contributed by atoms with Crippen LogP contribution in [0, 0.1) is 47.4 Å². The molecule has 0 saturated carbocycles. The minimum atomic E-state index is 0.129. The summed E-state index contributed by atoms with van der Waals surface area (Å²) < 4.78 is 0. The smallest absolute Gasteiger partial charge is 0.149 e. The van der Waals surface area contributed by atoms with Gasteiger partial charge in [0.25, 0.3) is 0 Å². The highest BCUT2D eigenvalue weighted by Gasteiger charge is 2.10. The Hall–Kier alpha value is -6.60. The first-order chi connectivity index (χ1) is 20.4. The normalized spacial score (nSPS) is 9.52. The third-order valence-corrected chi connectivity index (χ3v) is 5.67. The number of phenolic OH excluding ortho intramolecular Hbond substituents is 4. The first-order valence-electron chi connectivity index (χ1n) is 12.6. The van der Waals surface area contributed by atoms with Gasteiger partial charge in [-0.2, -0.15) is 0 Å². The van der Waals surface area contributed by atoms with E-state index in [0.29, 0.717) is 22.3 Å². The van der Waals surface area contributed by atoms with Crippen LogP contribution in [0.25, 0.3) is 0 Å². The van der Waals surface area contributed by atoms with Crippen molar-refractivity contribution in [3.8, 4) is 70.4 Å². The zero-order valence-electron chi connectivity index (χ0n) is 21.9. The summed E-state index contributed by atoms with van der Waals surface area (Å²) in [6.07, 6.45) is 0. The van der Waals surface area contributed by atoms with E-state index in [9.17, 15) is 20.4 Å². The van der Waals surface area contributed by atoms with Gasteiger partial charge in [-0.1, -0.05) is 23.7 Å². The second-order valence-corrected chi connectivity index (χ2v) is 8.81. The van der Waals surface area contributed by atoms with Crippen molar-refractivity contribution in [3.05, 3.63) is 142 Å². The maximum atomic E-state index is 9.60. The minimum absolute atomic E-state index is 0.129. The van der Waals surface area contributed by atoms with Crippen LogP contribution in [0.5, 0.6) is 23.0 Å². The van der Waals surface area contributed by atoms with Crippen LogP contribution in [-0.2, 0) is 0 Å². The van der Waals surface area contributed by atoms with Crippen LogP contribution in [-0.4, -0.2) is 30.4 Å². The molecule has 5 aromatic rings. The number of hydrogen-bond acceptors (Lipinski definition) is 6. The van der Waals surface area contributed by atoms with Gasteiger partial charge in [0.15, 0.2) is 0 Å². The fourth-order valence-electron chi connectivity index (χ4n) is 3.49. The highest BCUT2D eigenvalue weighted by Crippen LogP contribution is 2.14. The van der Waals surface area contributed by atoms with E-state index in [2.05, 4.69) is 47.4 Å². The van der Waals surface area contributed by atoms with E-state index in [4.69, 9.17) is 9.97 Å². The van der Waals surface area contributed by atoms with Gasteiger partial charge in [0.2, 0.25) is 0 Å². The first-order valence-corrected chi connectivity index (χ1v) is 12.6. The van der Waals surface area contributed by atoms with Crippen molar-refractivity contribution in [2.24, 2.45) is 0 Å². The van der Waals surface area contributed by atoms with Gasteiger partial charge in [-0.25, -0.2) is 9.97 Å². The summed E-state index contributed by atoms with van der Waals surface area (Å²) in [7, 11) is 0. The van der Waals surface area contributed by atoms with Crippen LogP contribution < -0.4 is 0 Å². The quantitative estimate of drug-likeness (QED) is 0.207. The first kappa shape index (κ1) is 27.0. The van der Waals surface area contributed by atoms with Crippen LogP contribution >= 0.6 is 0 Å². The molecule has 1 heterocycles. The van der Waals surface area contributed by atoms with Crippen molar-refractivity contribution in [2.45, 2.75) is 0 Å². The molecule has 0 amide bonds. The summed E-state index contributed by atoms with van der Waals surface area (Å²) in [4.78, 5) is 9.39. The van der Waals surface area contributed by atoms with E-state index in [1.54, 1.807) is 48.5 Å². The molecule has 0 aliphatic carbocycles. The lowest BCUT2D eigenvalue weighted by molar-refractivity contribution is 0.474. The molecule has 198 valence electrons. The summed E-state index contributed by atoms with van der Waals surface area (Å²) in [6.45, 7) is 0. The van der Waals surface area contributed by atoms with Gasteiger partial charge in [-0.05, 0) is 121 Å². The fourth-order valence-corrected chi connectivity index (χ4v) is 3.49. The van der Waals surface area contributed by atoms with Gasteiger partial charge in [-0.15, -0.1) is 0 Å². The molecule has 0 fully saturated rings. The molecule has 6 nitrogen and oxygen atoms in total. The van der Waals surface area contributed by atoms with Gasteiger partial charge in [0.1, 0.15) is 45.8 Å². The molecule has 0 bridgehead atoms. The standard InChI is InChI=1S/C36H20N2O4/c39-29-13-1-25(2-14-29)9-21-33-34(22-10-26-3-15-30(40)16-4-26)38-36(24-12-28-7-19-32(42)20-8-28)35(37-33)23-11-27-5-17-31(41)18-6-27/h1-8,13-20,39-42H. The van der Waals surface area contributed by atoms with E-state index < -0.39 is 0 Å². The molecule has 0 unspecified atom stereocenters. The van der Waals surface area contributed by atoms with Crippen molar-refractivity contribution in [1.82, 2.24) is 9.97 Å². The molecule has 0 atom stereocenters. The van der Waals surface area contributed by atoms with E-state index >= 15 is 0 Å².